The van der Waals surface area contributed by atoms with E-state index in [0.717, 1.165) is 46.3 Å². The first-order valence-corrected chi connectivity index (χ1v) is 13.2. The van der Waals surface area contributed by atoms with Gasteiger partial charge in [-0.2, -0.15) is 0 Å². The van der Waals surface area contributed by atoms with Crippen molar-refractivity contribution in [3.8, 4) is 0 Å². The SMILES string of the molecule is Fc1cc(NCCO[B]c2ccc(COCc3ccc([B]OCCNc4cc(F)c(F)c(F)c4)cc3)cc2)cc(F)c1F. The summed E-state index contributed by atoms with van der Waals surface area (Å²) in [6.45, 7) is 1.80. The second kappa shape index (κ2) is 16.1. The molecule has 4 aromatic rings. The van der Waals surface area contributed by atoms with Gasteiger partial charge in [0.05, 0.1) is 13.2 Å². The molecule has 0 unspecified atom stereocenters. The highest BCUT2D eigenvalue weighted by atomic mass is 19.2. The summed E-state index contributed by atoms with van der Waals surface area (Å²) in [6.07, 6.45) is 0. The number of anilines is 2. The van der Waals surface area contributed by atoms with E-state index >= 15 is 0 Å². The van der Waals surface area contributed by atoms with Gasteiger partial charge in [-0.1, -0.05) is 59.5 Å². The molecule has 0 amide bonds. The molecule has 0 saturated heterocycles. The van der Waals surface area contributed by atoms with Crippen molar-refractivity contribution in [3.05, 3.63) is 119 Å². The maximum absolute atomic E-state index is 13.2. The molecule has 2 N–H and O–H groups in total. The molecule has 0 heterocycles. The van der Waals surface area contributed by atoms with Crippen molar-refractivity contribution in [2.24, 2.45) is 0 Å². The van der Waals surface area contributed by atoms with Crippen molar-refractivity contribution in [3.63, 3.8) is 0 Å². The largest absolute Gasteiger partial charge is 0.432 e. The van der Waals surface area contributed by atoms with Gasteiger partial charge in [-0.25, -0.2) is 26.3 Å². The summed E-state index contributed by atoms with van der Waals surface area (Å²) >= 11 is 0. The van der Waals surface area contributed by atoms with E-state index in [-0.39, 0.29) is 37.7 Å². The number of benzene rings is 4. The van der Waals surface area contributed by atoms with Gasteiger partial charge in [-0.15, -0.1) is 0 Å². The standard InChI is InChI=1S/C30H26B2F6N2O3/c33-25-13-23(14-26(34)29(25)37)39-9-11-42-31-21-5-1-19(2-6-21)17-41-18-20-3-7-22(8-4-20)32-43-12-10-40-24-15-27(35)30(38)28(36)16-24/h1-8,13-16,39-40H,9-12,17-18H2. The van der Waals surface area contributed by atoms with Gasteiger partial charge in [0.15, 0.2) is 34.9 Å². The summed E-state index contributed by atoms with van der Waals surface area (Å²) in [7, 11) is 3.12. The first-order chi connectivity index (χ1) is 20.8. The van der Waals surface area contributed by atoms with Gasteiger partial charge in [-0.3, -0.25) is 0 Å². The van der Waals surface area contributed by atoms with Crippen LogP contribution < -0.4 is 21.6 Å². The molecule has 5 nitrogen and oxygen atoms in total. The van der Waals surface area contributed by atoms with E-state index in [1.54, 1.807) is 15.0 Å². The molecule has 0 aliphatic rings. The normalized spacial score (nSPS) is 10.9. The van der Waals surface area contributed by atoms with Crippen LogP contribution in [0.25, 0.3) is 0 Å². The van der Waals surface area contributed by atoms with Gasteiger partial charge in [0.2, 0.25) is 0 Å². The first-order valence-electron chi connectivity index (χ1n) is 13.2. The van der Waals surface area contributed by atoms with Gasteiger partial charge in [0.1, 0.15) is 0 Å². The van der Waals surface area contributed by atoms with Crippen LogP contribution in [-0.2, 0) is 27.3 Å². The third-order valence-corrected chi connectivity index (χ3v) is 6.00. The Morgan fingerprint density at radius 2 is 0.860 bits per heavy atom. The molecule has 43 heavy (non-hydrogen) atoms. The quantitative estimate of drug-likeness (QED) is 0.0826. The van der Waals surface area contributed by atoms with Gasteiger partial charge in [0, 0.05) is 61.9 Å². The zero-order valence-corrected chi connectivity index (χ0v) is 22.8. The van der Waals surface area contributed by atoms with Gasteiger partial charge in [-0.05, 0) is 11.1 Å². The average Bonchev–Trinajstić information content (AvgIpc) is 2.99. The monoisotopic (exact) mass is 598 g/mol. The number of rotatable bonds is 16. The molecule has 13 heteroatoms. The molecule has 4 rings (SSSR count). The maximum atomic E-state index is 13.2. The van der Waals surface area contributed by atoms with Gasteiger partial charge >= 0.3 is 15.0 Å². The molecule has 0 bridgehead atoms. The van der Waals surface area contributed by atoms with Crippen LogP contribution in [0.4, 0.5) is 37.7 Å². The van der Waals surface area contributed by atoms with E-state index in [1.165, 1.54) is 0 Å². The van der Waals surface area contributed by atoms with Crippen molar-refractivity contribution in [2.75, 3.05) is 36.9 Å². The predicted molar refractivity (Wildman–Crippen MR) is 154 cm³/mol. The molecule has 0 aliphatic carbocycles. The third kappa shape index (κ3) is 10.1. The van der Waals surface area contributed by atoms with E-state index in [4.69, 9.17) is 14.0 Å². The summed E-state index contributed by atoms with van der Waals surface area (Å²) in [5, 5.41) is 5.53. The van der Waals surface area contributed by atoms with Crippen LogP contribution in [0.1, 0.15) is 11.1 Å². The molecular formula is C30H26B2F6N2O3. The fourth-order valence-corrected chi connectivity index (χ4v) is 3.81. The lowest BCUT2D eigenvalue weighted by atomic mass is 9.87. The topological polar surface area (TPSA) is 51.8 Å². The van der Waals surface area contributed by atoms with Gasteiger partial charge < -0.3 is 24.7 Å². The molecular weight excluding hydrogens is 572 g/mol. The van der Waals surface area contributed by atoms with Crippen molar-refractivity contribution >= 4 is 37.3 Å². The fourth-order valence-electron chi connectivity index (χ4n) is 3.81. The zero-order chi connectivity index (χ0) is 30.6. The Balaban J connectivity index is 1.07. The van der Waals surface area contributed by atoms with E-state index in [2.05, 4.69) is 10.6 Å². The Morgan fingerprint density at radius 3 is 1.21 bits per heavy atom. The summed E-state index contributed by atoms with van der Waals surface area (Å²) in [5.74, 6) is -8.04. The molecule has 0 aromatic heterocycles. The minimum Gasteiger partial charge on any atom is -0.432 e. The fraction of sp³-hybridized carbons (Fsp3) is 0.200. The minimum atomic E-state index is -1.51. The van der Waals surface area contributed by atoms with Crippen molar-refractivity contribution in [1.29, 1.82) is 0 Å². The number of halogens is 6. The summed E-state index contributed by atoms with van der Waals surface area (Å²) in [6, 6.07) is 18.6. The summed E-state index contributed by atoms with van der Waals surface area (Å²) < 4.78 is 95.6. The molecule has 2 radical (unpaired) electrons. The molecule has 4 aromatic carbocycles. The van der Waals surface area contributed by atoms with E-state index in [1.807, 2.05) is 48.5 Å². The zero-order valence-electron chi connectivity index (χ0n) is 22.8. The molecule has 0 saturated carbocycles. The minimum absolute atomic E-state index is 0.123. The van der Waals surface area contributed by atoms with E-state index < -0.39 is 34.9 Å². The average molecular weight is 598 g/mol. The highest BCUT2D eigenvalue weighted by molar-refractivity contribution is 6.47. The molecule has 222 valence electrons. The van der Waals surface area contributed by atoms with E-state index in [9.17, 15) is 26.3 Å². The highest BCUT2D eigenvalue weighted by Gasteiger charge is 2.11. The van der Waals surface area contributed by atoms with Crippen molar-refractivity contribution < 1.29 is 40.4 Å². The van der Waals surface area contributed by atoms with Crippen LogP contribution in [-0.4, -0.2) is 41.3 Å². The number of nitrogens with one attached hydrogen (secondary N) is 2. The molecule has 0 atom stereocenters. The van der Waals surface area contributed by atoms with Crippen LogP contribution in [0.3, 0.4) is 0 Å². The summed E-state index contributed by atoms with van der Waals surface area (Å²) in [5.41, 5.74) is 3.83. The highest BCUT2D eigenvalue weighted by Crippen LogP contribution is 2.18. The smallest absolute Gasteiger partial charge is 0.330 e. The lowest BCUT2D eigenvalue weighted by Crippen LogP contribution is -2.21. The van der Waals surface area contributed by atoms with Crippen LogP contribution in [0, 0.1) is 34.9 Å². The van der Waals surface area contributed by atoms with Crippen molar-refractivity contribution in [1.82, 2.24) is 0 Å². The number of ether oxygens (including phenoxy) is 1. The second-order valence-corrected chi connectivity index (χ2v) is 9.31. The summed E-state index contributed by atoms with van der Waals surface area (Å²) in [4.78, 5) is 0. The van der Waals surface area contributed by atoms with E-state index in [0.29, 0.717) is 13.2 Å². The Hall–Kier alpha value is -3.93. The molecule has 0 fully saturated rings. The maximum Gasteiger partial charge on any atom is 0.330 e. The second-order valence-electron chi connectivity index (χ2n) is 9.31. The first kappa shape index (κ1) is 32.0. The van der Waals surface area contributed by atoms with Crippen LogP contribution >= 0.6 is 0 Å². The van der Waals surface area contributed by atoms with Crippen molar-refractivity contribution in [2.45, 2.75) is 13.2 Å². The van der Waals surface area contributed by atoms with Crippen LogP contribution in [0.15, 0.2) is 72.8 Å². The Labute approximate surface area is 246 Å². The van der Waals surface area contributed by atoms with Gasteiger partial charge in [0.25, 0.3) is 0 Å². The number of hydrogen-bond acceptors (Lipinski definition) is 5. The Kier molecular flexibility index (Phi) is 12.0. The molecule has 0 aliphatic heterocycles. The third-order valence-electron chi connectivity index (χ3n) is 6.00. The van der Waals surface area contributed by atoms with Crippen LogP contribution in [0.5, 0.6) is 0 Å². The van der Waals surface area contributed by atoms with Crippen LogP contribution in [0.2, 0.25) is 0 Å². The lowest BCUT2D eigenvalue weighted by Gasteiger charge is -2.09. The Bertz CT molecular complexity index is 1320. The molecule has 0 spiro atoms. The predicted octanol–water partition coefficient (Wildman–Crippen LogP) is 4.98. The lowest BCUT2D eigenvalue weighted by molar-refractivity contribution is 0.107. The Morgan fingerprint density at radius 1 is 0.512 bits per heavy atom. The number of hydrogen-bond donors (Lipinski definition) is 2.